The summed E-state index contributed by atoms with van der Waals surface area (Å²) in [4.78, 5) is 12.6. The summed E-state index contributed by atoms with van der Waals surface area (Å²) in [6.45, 7) is -0.454. The molecule has 0 aliphatic carbocycles. The van der Waals surface area contributed by atoms with Gasteiger partial charge in [-0.1, -0.05) is 12.1 Å². The zero-order valence-corrected chi connectivity index (χ0v) is 17.5. The standard InChI is InChI=1S/C20H23N7O6/c1-32-12-7-10(4-5-11(12)29)3-2-6-23-26-20-24-17(21)14-18(25-20)27(9-22-14)19-16(31)15(30)13(8-28)33-19/h2-7,9,13,15-16,19,28-31H,8H2,1H3,(H3,21,24,25,26)/b3-2+,23-6+/t13-,15-,16-,19-/m1/s1. The highest BCUT2D eigenvalue weighted by Crippen LogP contribution is 2.32. The fourth-order valence-corrected chi connectivity index (χ4v) is 3.37. The lowest BCUT2D eigenvalue weighted by Crippen LogP contribution is -2.33. The van der Waals surface area contributed by atoms with Crippen molar-refractivity contribution in [1.29, 1.82) is 0 Å². The maximum atomic E-state index is 10.3. The van der Waals surface area contributed by atoms with Crippen molar-refractivity contribution in [2.45, 2.75) is 24.5 Å². The summed E-state index contributed by atoms with van der Waals surface area (Å²) in [5.74, 6) is 0.556. The maximum absolute atomic E-state index is 10.3. The molecule has 2 aromatic heterocycles. The van der Waals surface area contributed by atoms with Crippen LogP contribution in [-0.2, 0) is 4.74 Å². The Bertz CT molecular complexity index is 1200. The first-order valence-corrected chi connectivity index (χ1v) is 9.88. The molecule has 33 heavy (non-hydrogen) atoms. The lowest BCUT2D eigenvalue weighted by atomic mass is 10.1. The molecular formula is C20H23N7O6. The number of nitrogens with one attached hydrogen (secondary N) is 1. The molecule has 13 heteroatoms. The lowest BCUT2D eigenvalue weighted by molar-refractivity contribution is -0.0511. The number of imidazole rings is 1. The summed E-state index contributed by atoms with van der Waals surface area (Å²) in [6, 6.07) is 4.91. The molecule has 3 heterocycles. The van der Waals surface area contributed by atoms with Crippen LogP contribution in [0.15, 0.2) is 35.7 Å². The molecule has 0 radical (unpaired) electrons. The Morgan fingerprint density at radius 1 is 1.30 bits per heavy atom. The number of phenols is 1. The smallest absolute Gasteiger partial charge is 0.247 e. The van der Waals surface area contributed by atoms with Crippen molar-refractivity contribution in [2.75, 3.05) is 24.9 Å². The number of ether oxygens (including phenoxy) is 2. The molecular weight excluding hydrogens is 434 g/mol. The minimum absolute atomic E-state index is 0.0475. The molecule has 0 spiro atoms. The van der Waals surface area contributed by atoms with E-state index in [0.717, 1.165) is 5.56 Å². The van der Waals surface area contributed by atoms with Crippen molar-refractivity contribution < 1.29 is 29.9 Å². The number of hydrogen-bond donors (Lipinski definition) is 6. The summed E-state index contributed by atoms with van der Waals surface area (Å²) >= 11 is 0. The van der Waals surface area contributed by atoms with E-state index < -0.39 is 31.1 Å². The number of phenolic OH excluding ortho intramolecular Hbond substituents is 1. The Morgan fingerprint density at radius 3 is 2.85 bits per heavy atom. The van der Waals surface area contributed by atoms with Crippen molar-refractivity contribution in [2.24, 2.45) is 5.10 Å². The number of anilines is 2. The number of fused-ring (bicyclic) bond motifs is 1. The minimum atomic E-state index is -1.30. The highest BCUT2D eigenvalue weighted by Gasteiger charge is 2.44. The van der Waals surface area contributed by atoms with E-state index in [4.69, 9.17) is 15.2 Å². The number of nitrogens with two attached hydrogens (primary N) is 1. The van der Waals surface area contributed by atoms with Crippen LogP contribution in [0.25, 0.3) is 17.2 Å². The minimum Gasteiger partial charge on any atom is -0.504 e. The summed E-state index contributed by atoms with van der Waals surface area (Å²) in [5, 5.41) is 43.3. The van der Waals surface area contributed by atoms with Gasteiger partial charge in [0.25, 0.3) is 0 Å². The fourth-order valence-electron chi connectivity index (χ4n) is 3.37. The van der Waals surface area contributed by atoms with Gasteiger partial charge >= 0.3 is 0 Å². The van der Waals surface area contributed by atoms with E-state index in [1.54, 1.807) is 24.3 Å². The second-order valence-electron chi connectivity index (χ2n) is 7.17. The first-order chi connectivity index (χ1) is 15.9. The average molecular weight is 457 g/mol. The van der Waals surface area contributed by atoms with Crippen LogP contribution >= 0.6 is 0 Å². The molecule has 1 aliphatic heterocycles. The number of nitrogen functional groups attached to an aromatic ring is 1. The van der Waals surface area contributed by atoms with Gasteiger partial charge in [-0.15, -0.1) is 0 Å². The number of methoxy groups -OCH3 is 1. The van der Waals surface area contributed by atoms with Crippen molar-refractivity contribution in [3.63, 3.8) is 0 Å². The summed E-state index contributed by atoms with van der Waals surface area (Å²) < 4.78 is 12.0. The van der Waals surface area contributed by atoms with Gasteiger partial charge in [-0.05, 0) is 23.8 Å². The van der Waals surface area contributed by atoms with Crippen LogP contribution < -0.4 is 15.9 Å². The van der Waals surface area contributed by atoms with Crippen LogP contribution in [0.4, 0.5) is 11.8 Å². The fraction of sp³-hybridized carbons (Fsp3) is 0.300. The van der Waals surface area contributed by atoms with Crippen LogP contribution in [0.5, 0.6) is 11.5 Å². The largest absolute Gasteiger partial charge is 0.504 e. The van der Waals surface area contributed by atoms with Gasteiger partial charge in [-0.3, -0.25) is 4.57 Å². The van der Waals surface area contributed by atoms with Gasteiger partial charge in [-0.25, -0.2) is 10.4 Å². The predicted molar refractivity (Wildman–Crippen MR) is 119 cm³/mol. The third-order valence-corrected chi connectivity index (χ3v) is 5.06. The van der Waals surface area contributed by atoms with Crippen molar-refractivity contribution in [1.82, 2.24) is 19.5 Å². The highest BCUT2D eigenvalue weighted by atomic mass is 16.6. The molecule has 13 nitrogen and oxygen atoms in total. The van der Waals surface area contributed by atoms with E-state index in [0.29, 0.717) is 5.75 Å². The lowest BCUT2D eigenvalue weighted by Gasteiger charge is -2.16. The molecule has 7 N–H and O–H groups in total. The SMILES string of the molecule is COc1cc(/C=C/C=N/Nc2nc(N)c3ncn([C@@H]4O[C@H](CO)[C@@H](O)[C@H]4O)c3n2)ccc1O. The maximum Gasteiger partial charge on any atom is 0.247 e. The second kappa shape index (κ2) is 9.38. The monoisotopic (exact) mass is 457 g/mol. The molecule has 4 atom stereocenters. The number of aliphatic hydroxyl groups excluding tert-OH is 3. The molecule has 0 amide bonds. The number of benzene rings is 1. The van der Waals surface area contributed by atoms with Crippen molar-refractivity contribution >= 4 is 35.2 Å². The molecule has 1 aliphatic rings. The zero-order valence-electron chi connectivity index (χ0n) is 17.5. The topological polar surface area (TPSA) is 193 Å². The molecule has 4 rings (SSSR count). The summed E-state index contributed by atoms with van der Waals surface area (Å²) in [5.41, 5.74) is 9.96. The van der Waals surface area contributed by atoms with Crippen molar-refractivity contribution in [3.8, 4) is 11.5 Å². The predicted octanol–water partition coefficient (Wildman–Crippen LogP) is -0.155. The zero-order chi connectivity index (χ0) is 23.5. The molecule has 1 aromatic carbocycles. The molecule has 174 valence electrons. The Hall–Kier alpha value is -3.78. The first kappa shape index (κ1) is 22.4. The molecule has 0 bridgehead atoms. The quantitative estimate of drug-likeness (QED) is 0.204. The first-order valence-electron chi connectivity index (χ1n) is 9.88. The van der Waals surface area contributed by atoms with E-state index >= 15 is 0 Å². The van der Waals surface area contributed by atoms with E-state index in [1.807, 2.05) is 0 Å². The number of nitrogens with zero attached hydrogens (tertiary/aromatic N) is 5. The van der Waals surface area contributed by atoms with Crippen LogP contribution in [0.3, 0.4) is 0 Å². The van der Waals surface area contributed by atoms with Gasteiger partial charge in [0.15, 0.2) is 29.2 Å². The van der Waals surface area contributed by atoms with E-state index in [-0.39, 0.29) is 28.7 Å². The average Bonchev–Trinajstić information content (AvgIpc) is 3.35. The molecule has 0 unspecified atom stereocenters. The van der Waals surface area contributed by atoms with Crippen LogP contribution in [-0.4, -0.2) is 78.2 Å². The van der Waals surface area contributed by atoms with Crippen LogP contribution in [0, 0.1) is 0 Å². The van der Waals surface area contributed by atoms with Gasteiger partial charge in [0.05, 0.1) is 20.0 Å². The van der Waals surface area contributed by atoms with E-state index in [9.17, 15) is 20.4 Å². The Kier molecular flexibility index (Phi) is 6.37. The molecule has 1 saturated heterocycles. The highest BCUT2D eigenvalue weighted by molar-refractivity contribution is 5.83. The summed E-state index contributed by atoms with van der Waals surface area (Å²) in [6.07, 6.45) is 1.71. The number of aromatic nitrogens is 4. The Morgan fingerprint density at radius 2 is 2.12 bits per heavy atom. The third-order valence-electron chi connectivity index (χ3n) is 5.06. The number of hydrazone groups is 1. The van der Waals surface area contributed by atoms with Gasteiger partial charge in [0, 0.05) is 6.21 Å². The van der Waals surface area contributed by atoms with E-state index in [1.165, 1.54) is 30.3 Å². The van der Waals surface area contributed by atoms with Gasteiger partial charge in [0.2, 0.25) is 5.95 Å². The number of hydrogen-bond acceptors (Lipinski definition) is 12. The Labute approximate surface area is 187 Å². The number of rotatable bonds is 7. The summed E-state index contributed by atoms with van der Waals surface area (Å²) in [7, 11) is 1.47. The van der Waals surface area contributed by atoms with E-state index in [2.05, 4.69) is 25.5 Å². The molecule has 1 fully saturated rings. The number of allylic oxidation sites excluding steroid dienone is 1. The van der Waals surface area contributed by atoms with Crippen molar-refractivity contribution in [3.05, 3.63) is 36.2 Å². The normalized spacial score (nSPS) is 23.2. The van der Waals surface area contributed by atoms with Gasteiger partial charge in [0.1, 0.15) is 23.8 Å². The van der Waals surface area contributed by atoms with Crippen LogP contribution in [0.2, 0.25) is 0 Å². The second-order valence-corrected chi connectivity index (χ2v) is 7.17. The van der Waals surface area contributed by atoms with Crippen LogP contribution in [0.1, 0.15) is 11.8 Å². The Balaban J connectivity index is 1.50. The third kappa shape index (κ3) is 4.42. The van der Waals surface area contributed by atoms with Gasteiger partial charge in [-0.2, -0.15) is 15.1 Å². The number of aliphatic hydroxyl groups is 3. The molecule has 3 aromatic rings. The number of aromatic hydroxyl groups is 1. The molecule has 0 saturated carbocycles. The van der Waals surface area contributed by atoms with Gasteiger partial charge < -0.3 is 35.6 Å².